The number of carbonyl (C=O) groups is 1. The number of hydrogen-bond acceptors (Lipinski definition) is 2. The van der Waals surface area contributed by atoms with Crippen LogP contribution in [0.2, 0.25) is 0 Å². The molecule has 0 heterocycles. The highest BCUT2D eigenvalue weighted by Gasteiger charge is 2.14. The summed E-state index contributed by atoms with van der Waals surface area (Å²) >= 11 is 0. The lowest BCUT2D eigenvalue weighted by atomic mass is 10.0. The van der Waals surface area contributed by atoms with Crippen molar-refractivity contribution >= 4 is 5.91 Å². The molecule has 2 N–H and O–H groups in total. The molecule has 28 heavy (non-hydrogen) atoms. The average molecular weight is 395 g/mol. The van der Waals surface area contributed by atoms with Crippen molar-refractivity contribution in [1.29, 1.82) is 0 Å². The van der Waals surface area contributed by atoms with E-state index in [4.69, 9.17) is 0 Å². The number of rotatable bonds is 20. The van der Waals surface area contributed by atoms with Crippen LogP contribution in [0, 0.1) is 0 Å². The summed E-state index contributed by atoms with van der Waals surface area (Å²) in [5.41, 5.74) is 0.574. The standard InChI is InChI=1S/C25H50N2O/c1-6-9-10-11-12-13-14-15-16-17-18-19-20-21-23(7-2)26-24(8-3)27-25(28)22(4)5/h23-24,26H,4,6-21H2,1-3,5H3,(H,27,28). The first-order chi connectivity index (χ1) is 13.5. The van der Waals surface area contributed by atoms with Gasteiger partial charge in [-0.25, -0.2) is 0 Å². The Labute approximate surface area is 176 Å². The second-order valence-electron chi connectivity index (χ2n) is 8.52. The SMILES string of the molecule is C=C(C)C(=O)NC(CC)NC(CC)CCCCCCCCCCCCCCC. The van der Waals surface area contributed by atoms with Crippen LogP contribution < -0.4 is 10.6 Å². The quantitative estimate of drug-likeness (QED) is 0.129. The summed E-state index contributed by atoms with van der Waals surface area (Å²) in [6, 6.07) is 0.489. The van der Waals surface area contributed by atoms with E-state index in [1.807, 2.05) is 0 Å². The van der Waals surface area contributed by atoms with Crippen LogP contribution in [-0.4, -0.2) is 18.1 Å². The van der Waals surface area contributed by atoms with Crippen LogP contribution >= 0.6 is 0 Å². The lowest BCUT2D eigenvalue weighted by molar-refractivity contribution is -0.118. The van der Waals surface area contributed by atoms with Gasteiger partial charge < -0.3 is 5.32 Å². The number of unbranched alkanes of at least 4 members (excludes halogenated alkanes) is 12. The molecule has 166 valence electrons. The monoisotopic (exact) mass is 394 g/mol. The summed E-state index contributed by atoms with van der Waals surface area (Å²) in [7, 11) is 0. The summed E-state index contributed by atoms with van der Waals surface area (Å²) < 4.78 is 0. The van der Waals surface area contributed by atoms with Crippen molar-refractivity contribution in [3.05, 3.63) is 12.2 Å². The maximum absolute atomic E-state index is 11.8. The largest absolute Gasteiger partial charge is 0.337 e. The first-order valence-corrected chi connectivity index (χ1v) is 12.3. The molecular formula is C25H50N2O. The zero-order valence-electron chi connectivity index (χ0n) is 19.6. The first kappa shape index (κ1) is 27.2. The molecule has 0 aromatic rings. The van der Waals surface area contributed by atoms with Crippen LogP contribution in [0.15, 0.2) is 12.2 Å². The van der Waals surface area contributed by atoms with E-state index in [-0.39, 0.29) is 12.1 Å². The maximum Gasteiger partial charge on any atom is 0.247 e. The zero-order valence-corrected chi connectivity index (χ0v) is 19.6. The van der Waals surface area contributed by atoms with Crippen molar-refractivity contribution in [3.8, 4) is 0 Å². The lowest BCUT2D eigenvalue weighted by Crippen LogP contribution is -2.49. The minimum atomic E-state index is -0.0461. The predicted molar refractivity (Wildman–Crippen MR) is 125 cm³/mol. The van der Waals surface area contributed by atoms with Gasteiger partial charge in [0.2, 0.25) is 5.91 Å². The molecule has 0 aromatic heterocycles. The van der Waals surface area contributed by atoms with Crippen LogP contribution in [0.1, 0.15) is 130 Å². The van der Waals surface area contributed by atoms with Crippen molar-refractivity contribution in [2.75, 3.05) is 0 Å². The Kier molecular flexibility index (Phi) is 18.9. The van der Waals surface area contributed by atoms with Crippen molar-refractivity contribution in [2.24, 2.45) is 0 Å². The van der Waals surface area contributed by atoms with E-state index in [1.165, 1.54) is 89.9 Å². The molecule has 0 rings (SSSR count). The normalized spacial score (nSPS) is 13.3. The van der Waals surface area contributed by atoms with Gasteiger partial charge in [-0.05, 0) is 26.2 Å². The fourth-order valence-electron chi connectivity index (χ4n) is 3.64. The second kappa shape index (κ2) is 19.5. The van der Waals surface area contributed by atoms with E-state index in [0.29, 0.717) is 11.6 Å². The molecule has 0 aliphatic heterocycles. The fourth-order valence-corrected chi connectivity index (χ4v) is 3.64. The summed E-state index contributed by atoms with van der Waals surface area (Å²) in [6.45, 7) is 12.1. The zero-order chi connectivity index (χ0) is 21.0. The van der Waals surface area contributed by atoms with Gasteiger partial charge in [0.25, 0.3) is 0 Å². The Hall–Kier alpha value is -0.830. The molecule has 0 aromatic carbocycles. The topological polar surface area (TPSA) is 41.1 Å². The second-order valence-corrected chi connectivity index (χ2v) is 8.52. The van der Waals surface area contributed by atoms with Crippen LogP contribution in [0.4, 0.5) is 0 Å². The molecule has 0 saturated carbocycles. The molecule has 2 unspecified atom stereocenters. The number of nitrogens with one attached hydrogen (secondary N) is 2. The van der Waals surface area contributed by atoms with E-state index in [0.717, 1.165) is 12.8 Å². The van der Waals surface area contributed by atoms with Crippen LogP contribution in [0.5, 0.6) is 0 Å². The maximum atomic E-state index is 11.8. The van der Waals surface area contributed by atoms with Crippen LogP contribution in [-0.2, 0) is 4.79 Å². The van der Waals surface area contributed by atoms with Crippen molar-refractivity contribution in [2.45, 2.75) is 143 Å². The minimum Gasteiger partial charge on any atom is -0.337 e. The van der Waals surface area contributed by atoms with Crippen LogP contribution in [0.3, 0.4) is 0 Å². The van der Waals surface area contributed by atoms with Crippen molar-refractivity contribution < 1.29 is 4.79 Å². The number of hydrogen-bond donors (Lipinski definition) is 2. The molecule has 0 saturated heterocycles. The minimum absolute atomic E-state index is 0.0461. The summed E-state index contributed by atoms with van der Waals surface area (Å²) in [5, 5.41) is 6.64. The first-order valence-electron chi connectivity index (χ1n) is 12.3. The highest BCUT2D eigenvalue weighted by molar-refractivity contribution is 5.92. The van der Waals surface area contributed by atoms with Crippen molar-refractivity contribution in [3.63, 3.8) is 0 Å². The van der Waals surface area contributed by atoms with Gasteiger partial charge in [-0.1, -0.05) is 111 Å². The van der Waals surface area contributed by atoms with E-state index >= 15 is 0 Å². The Morgan fingerprint density at radius 3 is 1.61 bits per heavy atom. The van der Waals surface area contributed by atoms with Gasteiger partial charge in [0, 0.05) is 11.6 Å². The number of amides is 1. The van der Waals surface area contributed by atoms with Crippen molar-refractivity contribution in [1.82, 2.24) is 10.6 Å². The molecule has 1 amide bonds. The third kappa shape index (κ3) is 16.2. The summed E-state index contributed by atoms with van der Waals surface area (Å²) in [4.78, 5) is 11.8. The van der Waals surface area contributed by atoms with Gasteiger partial charge in [0.15, 0.2) is 0 Å². The van der Waals surface area contributed by atoms with Gasteiger partial charge in [0.1, 0.15) is 0 Å². The predicted octanol–water partition coefficient (Wildman–Crippen LogP) is 7.26. The van der Waals surface area contributed by atoms with Gasteiger partial charge >= 0.3 is 0 Å². The van der Waals surface area contributed by atoms with E-state index in [2.05, 4.69) is 38.0 Å². The molecule has 0 aliphatic carbocycles. The van der Waals surface area contributed by atoms with E-state index in [1.54, 1.807) is 6.92 Å². The smallest absolute Gasteiger partial charge is 0.247 e. The van der Waals surface area contributed by atoms with Gasteiger partial charge in [-0.15, -0.1) is 0 Å². The molecule has 3 heteroatoms. The summed E-state index contributed by atoms with van der Waals surface area (Å²) in [5.74, 6) is -0.0461. The number of carbonyl (C=O) groups excluding carboxylic acids is 1. The average Bonchev–Trinajstić information content (AvgIpc) is 2.69. The molecule has 0 spiro atoms. The Balaban J connectivity index is 3.63. The highest BCUT2D eigenvalue weighted by atomic mass is 16.1. The lowest BCUT2D eigenvalue weighted by Gasteiger charge is -2.25. The van der Waals surface area contributed by atoms with Gasteiger partial charge in [0.05, 0.1) is 6.17 Å². The van der Waals surface area contributed by atoms with Gasteiger partial charge in [-0.2, -0.15) is 0 Å². The Bertz CT molecular complexity index is 381. The molecule has 0 radical (unpaired) electrons. The highest BCUT2D eigenvalue weighted by Crippen LogP contribution is 2.14. The third-order valence-corrected chi connectivity index (χ3v) is 5.69. The fraction of sp³-hybridized carbons (Fsp3) is 0.880. The Morgan fingerprint density at radius 1 is 0.750 bits per heavy atom. The third-order valence-electron chi connectivity index (χ3n) is 5.69. The molecule has 2 atom stereocenters. The molecule has 0 bridgehead atoms. The van der Waals surface area contributed by atoms with E-state index < -0.39 is 0 Å². The van der Waals surface area contributed by atoms with Gasteiger partial charge in [-0.3, -0.25) is 10.1 Å². The summed E-state index contributed by atoms with van der Waals surface area (Å²) in [6.07, 6.45) is 21.4. The molecule has 0 fully saturated rings. The Morgan fingerprint density at radius 2 is 1.21 bits per heavy atom. The van der Waals surface area contributed by atoms with Crippen LogP contribution in [0.25, 0.3) is 0 Å². The van der Waals surface area contributed by atoms with E-state index in [9.17, 15) is 4.79 Å². The molecular weight excluding hydrogens is 344 g/mol. The molecule has 3 nitrogen and oxygen atoms in total. The molecule has 0 aliphatic rings.